The Kier molecular flexibility index (Phi) is 15.5. The number of carbonyl (C=O) groups is 1. The molecule has 0 aromatic heterocycles. The van der Waals surface area contributed by atoms with Crippen LogP contribution < -0.4 is 4.52 Å². The predicted octanol–water partition coefficient (Wildman–Crippen LogP) is 7.97. The molecule has 30 heavy (non-hydrogen) atoms. The van der Waals surface area contributed by atoms with E-state index in [4.69, 9.17) is 4.52 Å². The number of carbonyl (C=O) groups excluding carboxylic acids is 1. The second kappa shape index (κ2) is 17.4. The van der Waals surface area contributed by atoms with E-state index in [-0.39, 0.29) is 12.2 Å². The van der Waals surface area contributed by atoms with Crippen LogP contribution in [0.15, 0.2) is 30.3 Å². The second-order valence-corrected chi connectivity index (χ2v) is 9.34. The number of hydrogen-bond donors (Lipinski definition) is 1. The molecule has 1 atom stereocenters. The summed E-state index contributed by atoms with van der Waals surface area (Å²) in [7, 11) is -4.41. The molecule has 1 N–H and O–H groups in total. The van der Waals surface area contributed by atoms with Crippen LogP contribution >= 0.6 is 7.82 Å². The molecule has 1 aromatic carbocycles. The van der Waals surface area contributed by atoms with E-state index >= 15 is 0 Å². The lowest BCUT2D eigenvalue weighted by molar-refractivity contribution is -0.135. The van der Waals surface area contributed by atoms with Crippen LogP contribution in [0.2, 0.25) is 0 Å². The standard InChI is InChI=1S/C24H41O5P/c1-2-3-4-5-6-7-8-9-10-11-12-13-14-15-19-22-24(25)29-30(26,27)28-23-20-17-16-18-21-23/h16-18,20-21H,2-15,19,22H2,1H3,(H,26,27). The van der Waals surface area contributed by atoms with Crippen LogP contribution in [0.5, 0.6) is 5.75 Å². The monoisotopic (exact) mass is 440 g/mol. The van der Waals surface area contributed by atoms with Gasteiger partial charge < -0.3 is 9.05 Å². The van der Waals surface area contributed by atoms with Crippen molar-refractivity contribution in [2.45, 2.75) is 110 Å². The first kappa shape index (κ1) is 26.7. The minimum absolute atomic E-state index is 0.140. The molecule has 0 heterocycles. The van der Waals surface area contributed by atoms with E-state index in [9.17, 15) is 14.3 Å². The lowest BCUT2D eigenvalue weighted by atomic mass is 10.0. The van der Waals surface area contributed by atoms with E-state index in [0.717, 1.165) is 12.8 Å². The number of hydrogen-bond acceptors (Lipinski definition) is 4. The molecule has 0 bridgehead atoms. The summed E-state index contributed by atoms with van der Waals surface area (Å²) < 4.78 is 21.3. The molecular weight excluding hydrogens is 399 g/mol. The van der Waals surface area contributed by atoms with E-state index < -0.39 is 13.8 Å². The molecule has 6 heteroatoms. The fraction of sp³-hybridized carbons (Fsp3) is 0.708. The normalized spacial score (nSPS) is 13.0. The van der Waals surface area contributed by atoms with Gasteiger partial charge in [-0.3, -0.25) is 9.69 Å². The number of unbranched alkanes of at least 4 members (excludes halogenated alkanes) is 14. The molecule has 0 aliphatic carbocycles. The first-order valence-electron chi connectivity index (χ1n) is 11.8. The Balaban J connectivity index is 1.90. The lowest BCUT2D eigenvalue weighted by Crippen LogP contribution is -2.06. The van der Waals surface area contributed by atoms with Gasteiger partial charge in [0.1, 0.15) is 5.75 Å². The zero-order valence-corrected chi connectivity index (χ0v) is 19.6. The maximum Gasteiger partial charge on any atom is 0.587 e. The average Bonchev–Trinajstić information content (AvgIpc) is 2.71. The predicted molar refractivity (Wildman–Crippen MR) is 123 cm³/mol. The van der Waals surface area contributed by atoms with Crippen LogP contribution in [0.25, 0.3) is 0 Å². The van der Waals surface area contributed by atoms with Crippen molar-refractivity contribution in [2.24, 2.45) is 0 Å². The summed E-state index contributed by atoms with van der Waals surface area (Å²) in [6.07, 6.45) is 18.9. The Hall–Kier alpha value is -1.32. The molecule has 0 fully saturated rings. The molecular formula is C24H41O5P. The highest BCUT2D eigenvalue weighted by atomic mass is 31.2. The fourth-order valence-corrected chi connectivity index (χ4v) is 4.22. The van der Waals surface area contributed by atoms with Crippen LogP contribution in [0.1, 0.15) is 110 Å². The third kappa shape index (κ3) is 15.5. The van der Waals surface area contributed by atoms with Gasteiger partial charge in [0.2, 0.25) is 0 Å². The summed E-state index contributed by atoms with van der Waals surface area (Å²) in [6.45, 7) is 2.26. The van der Waals surface area contributed by atoms with Crippen molar-refractivity contribution in [2.75, 3.05) is 0 Å². The fourth-order valence-electron chi connectivity index (χ4n) is 3.45. The van der Waals surface area contributed by atoms with Crippen molar-refractivity contribution in [3.05, 3.63) is 30.3 Å². The van der Waals surface area contributed by atoms with Crippen molar-refractivity contribution in [3.63, 3.8) is 0 Å². The summed E-state index contributed by atoms with van der Waals surface area (Å²) >= 11 is 0. The summed E-state index contributed by atoms with van der Waals surface area (Å²) in [6, 6.07) is 8.17. The Bertz CT molecular complexity index is 591. The van der Waals surface area contributed by atoms with Gasteiger partial charge >= 0.3 is 13.8 Å². The van der Waals surface area contributed by atoms with Gasteiger partial charge in [-0.15, -0.1) is 0 Å². The lowest BCUT2D eigenvalue weighted by Gasteiger charge is -2.12. The third-order valence-electron chi connectivity index (χ3n) is 5.17. The maximum absolute atomic E-state index is 11.8. The van der Waals surface area contributed by atoms with Gasteiger partial charge in [0.15, 0.2) is 0 Å². The smallest absolute Gasteiger partial charge is 0.395 e. The number of phosphoric ester groups is 1. The van der Waals surface area contributed by atoms with Crippen molar-refractivity contribution in [1.29, 1.82) is 0 Å². The summed E-state index contributed by atoms with van der Waals surface area (Å²) in [5, 5.41) is 0. The number of benzene rings is 1. The number of phosphoric acid groups is 1. The third-order valence-corrected chi connectivity index (χ3v) is 6.04. The van der Waals surface area contributed by atoms with E-state index in [1.807, 2.05) is 0 Å². The van der Waals surface area contributed by atoms with Crippen LogP contribution in [0, 0.1) is 0 Å². The molecule has 1 rings (SSSR count). The molecule has 0 amide bonds. The second-order valence-electron chi connectivity index (χ2n) is 8.04. The molecule has 5 nitrogen and oxygen atoms in total. The molecule has 0 saturated carbocycles. The van der Waals surface area contributed by atoms with Gasteiger partial charge in [0.25, 0.3) is 0 Å². The van der Waals surface area contributed by atoms with Crippen molar-refractivity contribution in [3.8, 4) is 5.75 Å². The summed E-state index contributed by atoms with van der Waals surface area (Å²) in [5.74, 6) is -0.491. The van der Waals surface area contributed by atoms with Gasteiger partial charge in [-0.05, 0) is 18.6 Å². The van der Waals surface area contributed by atoms with Crippen LogP contribution in [0.3, 0.4) is 0 Å². The van der Waals surface area contributed by atoms with Gasteiger partial charge in [0, 0.05) is 6.42 Å². The molecule has 0 radical (unpaired) electrons. The highest BCUT2D eigenvalue weighted by molar-refractivity contribution is 7.48. The molecule has 1 unspecified atom stereocenters. The number of rotatable bonds is 19. The minimum atomic E-state index is -4.41. The molecule has 172 valence electrons. The van der Waals surface area contributed by atoms with E-state index in [0.29, 0.717) is 6.42 Å². The first-order chi connectivity index (χ1) is 14.5. The Labute approximate surface area is 183 Å². The largest absolute Gasteiger partial charge is 0.587 e. The highest BCUT2D eigenvalue weighted by Gasteiger charge is 2.27. The zero-order valence-electron chi connectivity index (χ0n) is 18.7. The molecule has 0 spiro atoms. The van der Waals surface area contributed by atoms with Crippen molar-refractivity contribution in [1.82, 2.24) is 0 Å². The number of para-hydroxylation sites is 1. The quantitative estimate of drug-likeness (QED) is 0.174. The Morgan fingerprint density at radius 1 is 0.767 bits per heavy atom. The van der Waals surface area contributed by atoms with Crippen LogP contribution in [-0.4, -0.2) is 10.9 Å². The van der Waals surface area contributed by atoms with E-state index in [2.05, 4.69) is 11.4 Å². The van der Waals surface area contributed by atoms with Crippen molar-refractivity contribution < 1.29 is 23.3 Å². The van der Waals surface area contributed by atoms with E-state index in [1.165, 1.54) is 89.2 Å². The first-order valence-corrected chi connectivity index (χ1v) is 13.3. The van der Waals surface area contributed by atoms with Gasteiger partial charge in [-0.1, -0.05) is 115 Å². The molecule has 1 aromatic rings. The molecule has 0 saturated heterocycles. The Morgan fingerprint density at radius 3 is 1.67 bits per heavy atom. The summed E-state index contributed by atoms with van der Waals surface area (Å²) in [5.41, 5.74) is 0. The minimum Gasteiger partial charge on any atom is -0.395 e. The van der Waals surface area contributed by atoms with E-state index in [1.54, 1.807) is 18.2 Å². The maximum atomic E-state index is 11.8. The summed E-state index contributed by atoms with van der Waals surface area (Å²) in [4.78, 5) is 21.4. The highest BCUT2D eigenvalue weighted by Crippen LogP contribution is 2.44. The van der Waals surface area contributed by atoms with Crippen molar-refractivity contribution >= 4 is 13.8 Å². The van der Waals surface area contributed by atoms with Gasteiger partial charge in [0.05, 0.1) is 0 Å². The van der Waals surface area contributed by atoms with Crippen LogP contribution in [-0.2, 0) is 13.9 Å². The zero-order chi connectivity index (χ0) is 21.9. The molecule has 0 aliphatic rings. The SMILES string of the molecule is CCCCCCCCCCCCCCCCCC(=O)OP(=O)(O)Oc1ccccc1. The van der Waals surface area contributed by atoms with Gasteiger partial charge in [-0.25, -0.2) is 4.57 Å². The molecule has 0 aliphatic heterocycles. The average molecular weight is 441 g/mol. The topological polar surface area (TPSA) is 72.8 Å². The van der Waals surface area contributed by atoms with Gasteiger partial charge in [-0.2, -0.15) is 0 Å². The van der Waals surface area contributed by atoms with Crippen LogP contribution in [0.4, 0.5) is 0 Å². The Morgan fingerprint density at radius 2 is 1.20 bits per heavy atom.